The molecule has 2 aliphatic rings. The van der Waals surface area contributed by atoms with Crippen molar-refractivity contribution < 1.29 is 9.59 Å². The van der Waals surface area contributed by atoms with Gasteiger partial charge in [0.1, 0.15) is 5.82 Å². The molecule has 2 heterocycles. The molecule has 5 nitrogen and oxygen atoms in total. The molecule has 0 N–H and O–H groups in total. The Labute approximate surface area is 148 Å². The van der Waals surface area contributed by atoms with Gasteiger partial charge in [-0.25, -0.2) is 4.98 Å². The number of rotatable bonds is 4. The molecule has 2 unspecified atom stereocenters. The maximum Gasteiger partial charge on any atom is 0.223 e. The van der Waals surface area contributed by atoms with Crippen LogP contribution in [0.2, 0.25) is 0 Å². The second-order valence-corrected chi connectivity index (χ2v) is 7.50. The molecule has 2 aromatic rings. The number of ketones is 1. The lowest BCUT2D eigenvalue weighted by Gasteiger charge is -2.24. The summed E-state index contributed by atoms with van der Waals surface area (Å²) < 4.78 is 2.05. The van der Waals surface area contributed by atoms with Gasteiger partial charge in [0.15, 0.2) is 5.78 Å². The van der Waals surface area contributed by atoms with Gasteiger partial charge in [-0.3, -0.25) is 9.59 Å². The fraction of sp³-hybridized carbons (Fsp3) is 0.550. The van der Waals surface area contributed by atoms with E-state index in [1.807, 2.05) is 35.8 Å². The van der Waals surface area contributed by atoms with E-state index < -0.39 is 0 Å². The van der Waals surface area contributed by atoms with Gasteiger partial charge in [-0.1, -0.05) is 25.0 Å². The largest absolute Gasteiger partial charge is 0.339 e. The summed E-state index contributed by atoms with van der Waals surface area (Å²) in [4.78, 5) is 31.6. The van der Waals surface area contributed by atoms with Crippen LogP contribution in [0, 0.1) is 0 Å². The summed E-state index contributed by atoms with van der Waals surface area (Å²) >= 11 is 0. The molecule has 25 heavy (non-hydrogen) atoms. The molecule has 1 saturated heterocycles. The second kappa shape index (κ2) is 6.28. The van der Waals surface area contributed by atoms with E-state index in [9.17, 15) is 9.59 Å². The third-order valence-electron chi connectivity index (χ3n) is 5.89. The van der Waals surface area contributed by atoms with Gasteiger partial charge in [0.05, 0.1) is 17.1 Å². The summed E-state index contributed by atoms with van der Waals surface area (Å²) in [6, 6.07) is 8.07. The van der Waals surface area contributed by atoms with E-state index >= 15 is 0 Å². The Morgan fingerprint density at radius 2 is 1.96 bits per heavy atom. The van der Waals surface area contributed by atoms with E-state index in [-0.39, 0.29) is 23.7 Å². The van der Waals surface area contributed by atoms with E-state index in [1.54, 1.807) is 6.92 Å². The molecule has 0 radical (unpaired) electrons. The van der Waals surface area contributed by atoms with Gasteiger partial charge in [0.2, 0.25) is 5.91 Å². The fourth-order valence-corrected chi connectivity index (χ4v) is 4.41. The minimum Gasteiger partial charge on any atom is -0.339 e. The molecule has 1 saturated carbocycles. The first-order valence-corrected chi connectivity index (χ1v) is 9.33. The first kappa shape index (κ1) is 16.3. The molecule has 132 valence electrons. The maximum absolute atomic E-state index is 12.6. The van der Waals surface area contributed by atoms with Gasteiger partial charge in [-0.15, -0.1) is 0 Å². The van der Waals surface area contributed by atoms with Gasteiger partial charge in [0, 0.05) is 24.9 Å². The Kier molecular flexibility index (Phi) is 4.10. The van der Waals surface area contributed by atoms with Crippen molar-refractivity contribution in [1.29, 1.82) is 0 Å². The molecule has 1 aromatic heterocycles. The highest BCUT2D eigenvalue weighted by molar-refractivity contribution is 5.85. The van der Waals surface area contributed by atoms with Crippen molar-refractivity contribution in [1.82, 2.24) is 14.5 Å². The number of hydrogen-bond donors (Lipinski definition) is 0. The summed E-state index contributed by atoms with van der Waals surface area (Å²) in [7, 11) is 0. The number of likely N-dealkylation sites (tertiary alicyclic amines) is 1. The topological polar surface area (TPSA) is 55.2 Å². The average Bonchev–Trinajstić information content (AvgIpc) is 3.31. The van der Waals surface area contributed by atoms with Crippen molar-refractivity contribution in [3.8, 4) is 0 Å². The Balaban J connectivity index is 1.72. The summed E-state index contributed by atoms with van der Waals surface area (Å²) in [6.07, 6.45) is 5.19. The number of benzene rings is 1. The molecule has 1 aliphatic heterocycles. The molecule has 1 aromatic carbocycles. The Bertz CT molecular complexity index is 819. The molecule has 2 fully saturated rings. The lowest BCUT2D eigenvalue weighted by atomic mass is 10.1. The van der Waals surface area contributed by atoms with Crippen LogP contribution < -0.4 is 0 Å². The van der Waals surface area contributed by atoms with Crippen molar-refractivity contribution in [3.63, 3.8) is 0 Å². The summed E-state index contributed by atoms with van der Waals surface area (Å²) in [5, 5.41) is 0. The van der Waals surface area contributed by atoms with Crippen LogP contribution >= 0.6 is 0 Å². The fourth-order valence-electron chi connectivity index (χ4n) is 4.41. The van der Waals surface area contributed by atoms with Crippen molar-refractivity contribution in [2.45, 2.75) is 64.0 Å². The van der Waals surface area contributed by atoms with Gasteiger partial charge in [-0.2, -0.15) is 0 Å². The molecule has 1 amide bonds. The highest BCUT2D eigenvalue weighted by Gasteiger charge is 2.38. The number of carbonyl (C=O) groups is 2. The van der Waals surface area contributed by atoms with Crippen LogP contribution in [0.5, 0.6) is 0 Å². The van der Waals surface area contributed by atoms with E-state index in [1.165, 1.54) is 12.8 Å². The van der Waals surface area contributed by atoms with Gasteiger partial charge >= 0.3 is 0 Å². The predicted molar refractivity (Wildman–Crippen MR) is 96.5 cm³/mol. The van der Waals surface area contributed by atoms with Crippen LogP contribution in [-0.4, -0.2) is 38.7 Å². The number of amides is 1. The molecule has 5 heteroatoms. The highest BCUT2D eigenvalue weighted by atomic mass is 16.2. The zero-order valence-electron chi connectivity index (χ0n) is 14.9. The molecular formula is C20H25N3O2. The number of hydrogen-bond acceptors (Lipinski definition) is 3. The average molecular weight is 339 g/mol. The number of imidazole rings is 1. The monoisotopic (exact) mass is 339 g/mol. The third kappa shape index (κ3) is 2.75. The van der Waals surface area contributed by atoms with E-state index in [0.717, 1.165) is 36.2 Å². The van der Waals surface area contributed by atoms with Crippen molar-refractivity contribution >= 4 is 22.7 Å². The van der Waals surface area contributed by atoms with Crippen LogP contribution in [0.4, 0.5) is 0 Å². The smallest absolute Gasteiger partial charge is 0.223 e. The van der Waals surface area contributed by atoms with Gasteiger partial charge in [-0.05, 0) is 38.8 Å². The van der Waals surface area contributed by atoms with Crippen LogP contribution in [0.15, 0.2) is 24.3 Å². The summed E-state index contributed by atoms with van der Waals surface area (Å²) in [5.41, 5.74) is 1.88. The van der Waals surface area contributed by atoms with E-state index in [0.29, 0.717) is 12.5 Å². The van der Waals surface area contributed by atoms with Crippen molar-refractivity contribution in [3.05, 3.63) is 30.1 Å². The maximum atomic E-state index is 12.6. The first-order chi connectivity index (χ1) is 12.1. The standard InChI is InChI=1S/C20H25N3O2/c1-13(14(2)24)23-18-10-6-5-9-17(18)21-20(23)15-11-19(25)22(12-15)16-7-3-4-8-16/h5-6,9-10,13,15-16H,3-4,7-8,11-12H2,1-2H3. The number of aromatic nitrogens is 2. The van der Waals surface area contributed by atoms with Crippen LogP contribution in [0.1, 0.15) is 63.7 Å². The first-order valence-electron chi connectivity index (χ1n) is 9.33. The Morgan fingerprint density at radius 3 is 2.68 bits per heavy atom. The Morgan fingerprint density at radius 1 is 1.24 bits per heavy atom. The zero-order valence-corrected chi connectivity index (χ0v) is 14.9. The summed E-state index contributed by atoms with van der Waals surface area (Å²) in [5.74, 6) is 1.31. The third-order valence-corrected chi connectivity index (χ3v) is 5.89. The van der Waals surface area contributed by atoms with Crippen LogP contribution in [0.3, 0.4) is 0 Å². The SMILES string of the molecule is CC(=O)C(C)n1c(C2CC(=O)N(C3CCCC3)C2)nc2ccccc21. The number of para-hydroxylation sites is 2. The lowest BCUT2D eigenvalue weighted by Crippen LogP contribution is -2.34. The van der Waals surface area contributed by atoms with Crippen molar-refractivity contribution in [2.24, 2.45) is 0 Å². The van der Waals surface area contributed by atoms with Crippen LogP contribution in [0.25, 0.3) is 11.0 Å². The molecule has 4 rings (SSSR count). The molecule has 2 atom stereocenters. The quantitative estimate of drug-likeness (QED) is 0.857. The van der Waals surface area contributed by atoms with Crippen molar-refractivity contribution in [2.75, 3.05) is 6.54 Å². The highest BCUT2D eigenvalue weighted by Crippen LogP contribution is 2.36. The van der Waals surface area contributed by atoms with Crippen LogP contribution in [-0.2, 0) is 9.59 Å². The zero-order chi connectivity index (χ0) is 17.6. The lowest BCUT2D eigenvalue weighted by molar-refractivity contribution is -0.129. The number of fused-ring (bicyclic) bond motifs is 1. The van der Waals surface area contributed by atoms with E-state index in [2.05, 4.69) is 4.90 Å². The minimum absolute atomic E-state index is 0.0716. The molecule has 0 spiro atoms. The van der Waals surface area contributed by atoms with Gasteiger partial charge < -0.3 is 9.47 Å². The number of carbonyl (C=O) groups excluding carboxylic acids is 2. The second-order valence-electron chi connectivity index (χ2n) is 7.50. The summed E-state index contributed by atoms with van der Waals surface area (Å²) in [6.45, 7) is 4.27. The molecule has 1 aliphatic carbocycles. The number of Topliss-reactive ketones (excluding diaryl/α,β-unsaturated/α-hetero) is 1. The van der Waals surface area contributed by atoms with Gasteiger partial charge in [0.25, 0.3) is 0 Å². The normalized spacial score (nSPS) is 22.9. The Hall–Kier alpha value is -2.17. The predicted octanol–water partition coefficient (Wildman–Crippen LogP) is 3.44. The molecular weight excluding hydrogens is 314 g/mol. The minimum atomic E-state index is -0.266. The molecule has 0 bridgehead atoms. The van der Waals surface area contributed by atoms with E-state index in [4.69, 9.17) is 4.98 Å². The number of nitrogens with zero attached hydrogens (tertiary/aromatic N) is 3.